The van der Waals surface area contributed by atoms with Crippen LogP contribution < -0.4 is 5.32 Å². The molecule has 1 N–H and O–H groups in total. The zero-order valence-corrected chi connectivity index (χ0v) is 13.5. The summed E-state index contributed by atoms with van der Waals surface area (Å²) >= 11 is 0. The standard InChI is InChI=1S/C16H31F3N2/c1-14(2)7-5-3-4-6-10-20-15-8-11-21(12-9-15)13-16(17,18)19/h14-15,20H,3-13H2,1-2H3. The third-order valence-corrected chi connectivity index (χ3v) is 4.13. The van der Waals surface area contributed by atoms with E-state index in [1.165, 1.54) is 37.0 Å². The van der Waals surface area contributed by atoms with Crippen LogP contribution in [0.5, 0.6) is 0 Å². The number of piperidine rings is 1. The van der Waals surface area contributed by atoms with Gasteiger partial charge < -0.3 is 5.32 Å². The van der Waals surface area contributed by atoms with E-state index in [1.807, 2.05) is 0 Å². The van der Waals surface area contributed by atoms with E-state index < -0.39 is 12.7 Å². The van der Waals surface area contributed by atoms with Crippen molar-refractivity contribution in [3.05, 3.63) is 0 Å². The lowest BCUT2D eigenvalue weighted by molar-refractivity contribution is -0.148. The Morgan fingerprint density at radius 2 is 1.67 bits per heavy atom. The van der Waals surface area contributed by atoms with Crippen LogP contribution in [0.4, 0.5) is 13.2 Å². The molecule has 0 aliphatic carbocycles. The number of rotatable bonds is 9. The molecule has 1 fully saturated rings. The van der Waals surface area contributed by atoms with Crippen molar-refractivity contribution in [2.45, 2.75) is 71.0 Å². The molecule has 0 unspecified atom stereocenters. The quantitative estimate of drug-likeness (QED) is 0.642. The third kappa shape index (κ3) is 10.1. The first-order chi connectivity index (χ1) is 9.87. The second-order valence-electron chi connectivity index (χ2n) is 6.72. The minimum Gasteiger partial charge on any atom is -0.314 e. The predicted molar refractivity (Wildman–Crippen MR) is 81.4 cm³/mol. The first-order valence-electron chi connectivity index (χ1n) is 8.39. The summed E-state index contributed by atoms with van der Waals surface area (Å²) in [5.74, 6) is 0.796. The molecular weight excluding hydrogens is 277 g/mol. The maximum atomic E-state index is 12.3. The van der Waals surface area contributed by atoms with Gasteiger partial charge in [0.25, 0.3) is 0 Å². The van der Waals surface area contributed by atoms with Crippen molar-refractivity contribution in [2.75, 3.05) is 26.2 Å². The van der Waals surface area contributed by atoms with Gasteiger partial charge in [-0.1, -0.05) is 39.5 Å². The van der Waals surface area contributed by atoms with Gasteiger partial charge in [0.1, 0.15) is 0 Å². The normalized spacial score (nSPS) is 18.6. The van der Waals surface area contributed by atoms with Gasteiger partial charge in [0.15, 0.2) is 0 Å². The number of alkyl halides is 3. The molecule has 5 heteroatoms. The van der Waals surface area contributed by atoms with Crippen LogP contribution in [0.3, 0.4) is 0 Å². The Morgan fingerprint density at radius 3 is 2.24 bits per heavy atom. The van der Waals surface area contributed by atoms with Gasteiger partial charge in [-0.05, 0) is 44.8 Å². The summed E-state index contributed by atoms with van der Waals surface area (Å²) in [6, 6.07) is 0.408. The van der Waals surface area contributed by atoms with Crippen LogP contribution in [0.25, 0.3) is 0 Å². The molecule has 0 atom stereocenters. The highest BCUT2D eigenvalue weighted by molar-refractivity contribution is 4.78. The van der Waals surface area contributed by atoms with E-state index in [2.05, 4.69) is 19.2 Å². The van der Waals surface area contributed by atoms with Crippen LogP contribution >= 0.6 is 0 Å². The molecule has 1 rings (SSSR count). The fraction of sp³-hybridized carbons (Fsp3) is 1.00. The molecule has 0 bridgehead atoms. The van der Waals surface area contributed by atoms with E-state index in [9.17, 15) is 13.2 Å². The average molecular weight is 308 g/mol. The number of nitrogens with zero attached hydrogens (tertiary/aromatic N) is 1. The molecule has 21 heavy (non-hydrogen) atoms. The molecule has 0 aromatic carbocycles. The summed E-state index contributed by atoms with van der Waals surface area (Å²) in [7, 11) is 0. The van der Waals surface area contributed by atoms with Crippen molar-refractivity contribution in [2.24, 2.45) is 5.92 Å². The Balaban J connectivity index is 1.96. The zero-order chi connectivity index (χ0) is 15.7. The summed E-state index contributed by atoms with van der Waals surface area (Å²) in [5, 5.41) is 3.50. The SMILES string of the molecule is CC(C)CCCCCCNC1CCN(CC(F)(F)F)CC1. The van der Waals surface area contributed by atoms with Gasteiger partial charge in [0.05, 0.1) is 6.54 Å². The Kier molecular flexibility index (Phi) is 8.64. The number of halogens is 3. The van der Waals surface area contributed by atoms with E-state index >= 15 is 0 Å². The van der Waals surface area contributed by atoms with Gasteiger partial charge in [-0.2, -0.15) is 13.2 Å². The maximum Gasteiger partial charge on any atom is 0.401 e. The van der Waals surface area contributed by atoms with Crippen LogP contribution in [0.1, 0.15) is 58.8 Å². The molecule has 0 aromatic rings. The highest BCUT2D eigenvalue weighted by atomic mass is 19.4. The van der Waals surface area contributed by atoms with Gasteiger partial charge in [0, 0.05) is 6.04 Å². The van der Waals surface area contributed by atoms with E-state index in [0.717, 1.165) is 25.3 Å². The largest absolute Gasteiger partial charge is 0.401 e. The van der Waals surface area contributed by atoms with Gasteiger partial charge in [-0.3, -0.25) is 4.90 Å². The molecule has 0 radical (unpaired) electrons. The molecule has 0 spiro atoms. The molecule has 1 heterocycles. The minimum atomic E-state index is -4.06. The van der Waals surface area contributed by atoms with E-state index in [0.29, 0.717) is 19.1 Å². The van der Waals surface area contributed by atoms with E-state index in [1.54, 1.807) is 0 Å². The van der Waals surface area contributed by atoms with Crippen molar-refractivity contribution >= 4 is 0 Å². The lowest BCUT2D eigenvalue weighted by Crippen LogP contribution is -2.45. The summed E-state index contributed by atoms with van der Waals surface area (Å²) in [6.45, 7) is 5.89. The molecule has 1 aliphatic heterocycles. The van der Waals surface area contributed by atoms with Crippen molar-refractivity contribution in [3.8, 4) is 0 Å². The molecule has 126 valence electrons. The van der Waals surface area contributed by atoms with Crippen LogP contribution in [-0.2, 0) is 0 Å². The number of hydrogen-bond donors (Lipinski definition) is 1. The van der Waals surface area contributed by atoms with Crippen LogP contribution in [-0.4, -0.2) is 43.3 Å². The fourth-order valence-electron chi connectivity index (χ4n) is 2.89. The minimum absolute atomic E-state index is 0.408. The van der Waals surface area contributed by atoms with Crippen molar-refractivity contribution in [1.82, 2.24) is 10.2 Å². The maximum absolute atomic E-state index is 12.3. The van der Waals surface area contributed by atoms with Gasteiger partial charge >= 0.3 is 6.18 Å². The topological polar surface area (TPSA) is 15.3 Å². The van der Waals surface area contributed by atoms with E-state index in [-0.39, 0.29) is 0 Å². The molecule has 1 saturated heterocycles. The highest BCUT2D eigenvalue weighted by Crippen LogP contribution is 2.19. The molecular formula is C16H31F3N2. The summed E-state index contributed by atoms with van der Waals surface area (Å²) in [6.07, 6.45) is 3.97. The van der Waals surface area contributed by atoms with Crippen molar-refractivity contribution in [3.63, 3.8) is 0 Å². The first-order valence-corrected chi connectivity index (χ1v) is 8.39. The smallest absolute Gasteiger partial charge is 0.314 e. The third-order valence-electron chi connectivity index (χ3n) is 4.13. The number of likely N-dealkylation sites (tertiary alicyclic amines) is 1. The van der Waals surface area contributed by atoms with Gasteiger partial charge in [0.2, 0.25) is 0 Å². The zero-order valence-electron chi connectivity index (χ0n) is 13.5. The second-order valence-corrected chi connectivity index (χ2v) is 6.72. The monoisotopic (exact) mass is 308 g/mol. The van der Waals surface area contributed by atoms with E-state index in [4.69, 9.17) is 0 Å². The second kappa shape index (κ2) is 9.67. The molecule has 1 aliphatic rings. The number of nitrogens with one attached hydrogen (secondary N) is 1. The Hall–Kier alpha value is -0.290. The Morgan fingerprint density at radius 1 is 1.05 bits per heavy atom. The molecule has 0 saturated carbocycles. The van der Waals surface area contributed by atoms with Crippen LogP contribution in [0.2, 0.25) is 0 Å². The fourth-order valence-corrected chi connectivity index (χ4v) is 2.89. The Bertz CT molecular complexity index is 259. The lowest BCUT2D eigenvalue weighted by Gasteiger charge is -2.32. The van der Waals surface area contributed by atoms with Gasteiger partial charge in [-0.25, -0.2) is 0 Å². The molecule has 2 nitrogen and oxygen atoms in total. The van der Waals surface area contributed by atoms with Crippen LogP contribution in [0.15, 0.2) is 0 Å². The number of hydrogen-bond acceptors (Lipinski definition) is 2. The molecule has 0 aromatic heterocycles. The summed E-state index contributed by atoms with van der Waals surface area (Å²) < 4.78 is 36.8. The predicted octanol–water partition coefficient (Wildman–Crippen LogP) is 4.21. The first kappa shape index (κ1) is 18.8. The summed E-state index contributed by atoms with van der Waals surface area (Å²) in [5.41, 5.74) is 0. The van der Waals surface area contributed by atoms with Crippen molar-refractivity contribution in [1.29, 1.82) is 0 Å². The highest BCUT2D eigenvalue weighted by Gasteiger charge is 2.32. The van der Waals surface area contributed by atoms with Gasteiger partial charge in [-0.15, -0.1) is 0 Å². The lowest BCUT2D eigenvalue weighted by atomic mass is 10.0. The number of unbranched alkanes of at least 4 members (excludes halogenated alkanes) is 3. The van der Waals surface area contributed by atoms with Crippen LogP contribution in [0, 0.1) is 5.92 Å². The summed E-state index contributed by atoms with van der Waals surface area (Å²) in [4.78, 5) is 1.52. The average Bonchev–Trinajstić information content (AvgIpc) is 2.37. The van der Waals surface area contributed by atoms with Crippen molar-refractivity contribution < 1.29 is 13.2 Å². The Labute approximate surface area is 127 Å². The molecule has 0 amide bonds.